The molecule has 0 spiro atoms. The van der Waals surface area contributed by atoms with Crippen LogP contribution in [0, 0.1) is 6.92 Å². The van der Waals surface area contributed by atoms with E-state index in [1.165, 1.54) is 0 Å². The van der Waals surface area contributed by atoms with Crippen LogP contribution in [-0.2, 0) is 16.0 Å². The molecule has 2 rings (SSSR count). The largest absolute Gasteiger partial charge is 0.467 e. The van der Waals surface area contributed by atoms with Crippen LogP contribution in [0.2, 0.25) is 0 Å². The van der Waals surface area contributed by atoms with Crippen LogP contribution in [0.5, 0.6) is 0 Å². The average molecular weight is 265 g/mol. The van der Waals surface area contributed by atoms with Gasteiger partial charge in [-0.25, -0.2) is 9.48 Å². The lowest BCUT2D eigenvalue weighted by Gasteiger charge is -2.03. The minimum Gasteiger partial charge on any atom is -0.467 e. The minimum atomic E-state index is -0.500. The average Bonchev–Trinajstić information content (AvgIpc) is 3.02. The summed E-state index contributed by atoms with van der Waals surface area (Å²) in [6.45, 7) is 2.73. The fraction of sp³-hybridized carbons (Fsp3) is 0.417. The minimum absolute atomic E-state index is 0.194. The number of carbonyl (C=O) groups is 1. The van der Waals surface area contributed by atoms with E-state index in [4.69, 9.17) is 13.9 Å². The van der Waals surface area contributed by atoms with Crippen LogP contribution in [0.15, 0.2) is 22.8 Å². The Labute approximate surface area is 110 Å². The fourth-order valence-corrected chi connectivity index (χ4v) is 1.54. The Bertz CT molecular complexity index is 533. The molecule has 2 aromatic rings. The van der Waals surface area contributed by atoms with E-state index in [0.29, 0.717) is 18.8 Å². The second kappa shape index (κ2) is 6.14. The first-order valence-electron chi connectivity index (χ1n) is 5.81. The van der Waals surface area contributed by atoms with Crippen molar-refractivity contribution in [1.82, 2.24) is 15.0 Å². The molecule has 0 saturated carbocycles. The monoisotopic (exact) mass is 265 g/mol. The van der Waals surface area contributed by atoms with Gasteiger partial charge in [0.15, 0.2) is 5.69 Å². The van der Waals surface area contributed by atoms with Gasteiger partial charge in [-0.15, -0.1) is 5.10 Å². The molecule has 0 fully saturated rings. The summed E-state index contributed by atoms with van der Waals surface area (Å²) in [6, 6.07) is 3.62. The Kier molecular flexibility index (Phi) is 4.30. The van der Waals surface area contributed by atoms with Gasteiger partial charge in [0.1, 0.15) is 18.9 Å². The maximum atomic E-state index is 11.7. The van der Waals surface area contributed by atoms with Crippen molar-refractivity contribution in [2.24, 2.45) is 0 Å². The van der Waals surface area contributed by atoms with Crippen molar-refractivity contribution >= 4 is 5.97 Å². The summed E-state index contributed by atoms with van der Waals surface area (Å²) in [5, 5.41) is 7.75. The zero-order chi connectivity index (χ0) is 13.7. The number of aromatic nitrogens is 3. The van der Waals surface area contributed by atoms with Crippen LogP contribution in [-0.4, -0.2) is 41.3 Å². The number of furan rings is 1. The predicted molar refractivity (Wildman–Crippen MR) is 64.7 cm³/mol. The molecule has 0 aromatic carbocycles. The molecule has 19 heavy (non-hydrogen) atoms. The Balaban J connectivity index is 2.03. The maximum Gasteiger partial charge on any atom is 0.360 e. The predicted octanol–water partition coefficient (Wildman–Crippen LogP) is 1.03. The lowest BCUT2D eigenvalue weighted by atomic mass is 10.3. The molecule has 0 aliphatic rings. The van der Waals surface area contributed by atoms with Crippen molar-refractivity contribution in [3.63, 3.8) is 0 Å². The normalized spacial score (nSPS) is 10.6. The van der Waals surface area contributed by atoms with E-state index in [0.717, 1.165) is 5.76 Å². The van der Waals surface area contributed by atoms with Crippen molar-refractivity contribution < 1.29 is 18.7 Å². The zero-order valence-electron chi connectivity index (χ0n) is 10.8. The Morgan fingerprint density at radius 1 is 1.47 bits per heavy atom. The summed E-state index contributed by atoms with van der Waals surface area (Å²) in [7, 11) is 1.54. The van der Waals surface area contributed by atoms with Gasteiger partial charge >= 0.3 is 5.97 Å². The Morgan fingerprint density at radius 2 is 2.32 bits per heavy atom. The summed E-state index contributed by atoms with van der Waals surface area (Å²) in [6.07, 6.45) is 1.58. The lowest BCUT2D eigenvalue weighted by Crippen LogP contribution is -2.12. The van der Waals surface area contributed by atoms with Crippen LogP contribution in [0.4, 0.5) is 0 Å². The number of esters is 1. The van der Waals surface area contributed by atoms with E-state index in [2.05, 4.69) is 10.3 Å². The second-order valence-electron chi connectivity index (χ2n) is 3.89. The second-order valence-corrected chi connectivity index (χ2v) is 3.89. The van der Waals surface area contributed by atoms with Crippen LogP contribution < -0.4 is 0 Å². The molecule has 7 nitrogen and oxygen atoms in total. The highest BCUT2D eigenvalue weighted by Crippen LogP contribution is 2.09. The number of hydrogen-bond acceptors (Lipinski definition) is 6. The summed E-state index contributed by atoms with van der Waals surface area (Å²) < 4.78 is 16.6. The van der Waals surface area contributed by atoms with Gasteiger partial charge in [-0.3, -0.25) is 0 Å². The molecular weight excluding hydrogens is 250 g/mol. The van der Waals surface area contributed by atoms with Crippen LogP contribution in [0.1, 0.15) is 21.9 Å². The van der Waals surface area contributed by atoms with Gasteiger partial charge in [0, 0.05) is 7.11 Å². The van der Waals surface area contributed by atoms with Gasteiger partial charge in [0.25, 0.3) is 0 Å². The molecule has 0 bridgehead atoms. The van der Waals surface area contributed by atoms with E-state index >= 15 is 0 Å². The van der Waals surface area contributed by atoms with Gasteiger partial charge in [-0.2, -0.15) is 0 Å². The van der Waals surface area contributed by atoms with Crippen molar-refractivity contribution in [2.75, 3.05) is 20.3 Å². The third-order valence-corrected chi connectivity index (χ3v) is 2.58. The Hall–Kier alpha value is -2.15. The van der Waals surface area contributed by atoms with E-state index in [-0.39, 0.29) is 12.3 Å². The Morgan fingerprint density at radius 3 is 3.00 bits per heavy atom. The first-order chi connectivity index (χ1) is 9.22. The number of nitrogens with zero attached hydrogens (tertiary/aromatic N) is 3. The molecule has 102 valence electrons. The van der Waals surface area contributed by atoms with Crippen LogP contribution in [0.25, 0.3) is 0 Å². The van der Waals surface area contributed by atoms with Crippen molar-refractivity contribution in [3.8, 4) is 0 Å². The first kappa shape index (κ1) is 13.3. The third kappa shape index (κ3) is 3.19. The number of ether oxygens (including phenoxy) is 2. The molecule has 2 aromatic heterocycles. The van der Waals surface area contributed by atoms with E-state index in [9.17, 15) is 4.79 Å². The zero-order valence-corrected chi connectivity index (χ0v) is 10.8. The highest BCUT2D eigenvalue weighted by atomic mass is 16.6. The van der Waals surface area contributed by atoms with Crippen LogP contribution >= 0.6 is 0 Å². The molecule has 0 atom stereocenters. The third-order valence-electron chi connectivity index (χ3n) is 2.58. The van der Waals surface area contributed by atoms with E-state index < -0.39 is 5.97 Å². The van der Waals surface area contributed by atoms with Crippen molar-refractivity contribution in [1.29, 1.82) is 0 Å². The molecule has 2 heterocycles. The quantitative estimate of drug-likeness (QED) is 0.573. The molecule has 0 aliphatic carbocycles. The lowest BCUT2D eigenvalue weighted by molar-refractivity contribution is 0.0380. The first-order valence-corrected chi connectivity index (χ1v) is 5.81. The van der Waals surface area contributed by atoms with Gasteiger partial charge < -0.3 is 13.9 Å². The van der Waals surface area contributed by atoms with Crippen molar-refractivity contribution in [3.05, 3.63) is 35.5 Å². The summed E-state index contributed by atoms with van der Waals surface area (Å²) in [5.74, 6) is 0.243. The van der Waals surface area contributed by atoms with Gasteiger partial charge in [0.2, 0.25) is 0 Å². The van der Waals surface area contributed by atoms with Crippen LogP contribution in [0.3, 0.4) is 0 Å². The summed E-state index contributed by atoms with van der Waals surface area (Å²) in [5.41, 5.74) is 0.849. The number of rotatable bonds is 6. The standard InChI is InChI=1S/C12H15N3O4/c1-9-11(12(16)19-7-6-17-2)13-14-15(9)8-10-4-3-5-18-10/h3-5H,6-8H2,1-2H3. The topological polar surface area (TPSA) is 79.4 Å². The van der Waals surface area contributed by atoms with Crippen molar-refractivity contribution in [2.45, 2.75) is 13.5 Å². The van der Waals surface area contributed by atoms with Gasteiger partial charge in [-0.05, 0) is 19.1 Å². The molecule has 0 unspecified atom stereocenters. The molecule has 7 heteroatoms. The maximum absolute atomic E-state index is 11.7. The highest BCUT2D eigenvalue weighted by Gasteiger charge is 2.18. The number of methoxy groups -OCH3 is 1. The SMILES string of the molecule is COCCOC(=O)c1nnn(Cc2ccco2)c1C. The summed E-state index contributed by atoms with van der Waals surface area (Å²) in [4.78, 5) is 11.7. The molecule has 0 amide bonds. The van der Waals surface area contributed by atoms with E-state index in [1.54, 1.807) is 31.0 Å². The number of carbonyl (C=O) groups excluding carboxylic acids is 1. The van der Waals surface area contributed by atoms with Gasteiger partial charge in [0.05, 0.1) is 18.6 Å². The molecule has 0 N–H and O–H groups in total. The molecule has 0 radical (unpaired) electrons. The smallest absolute Gasteiger partial charge is 0.360 e. The molecule has 0 saturated heterocycles. The number of hydrogen-bond donors (Lipinski definition) is 0. The fourth-order valence-electron chi connectivity index (χ4n) is 1.54. The highest BCUT2D eigenvalue weighted by molar-refractivity contribution is 5.88. The van der Waals surface area contributed by atoms with E-state index in [1.807, 2.05) is 6.07 Å². The molecular formula is C12H15N3O4. The summed E-state index contributed by atoms with van der Waals surface area (Å²) >= 11 is 0. The molecule has 0 aliphatic heterocycles. The van der Waals surface area contributed by atoms with Gasteiger partial charge in [-0.1, -0.05) is 5.21 Å².